The molecule has 1 N–H and O–H groups in total. The van der Waals surface area contributed by atoms with Gasteiger partial charge in [0.25, 0.3) is 0 Å². The minimum absolute atomic E-state index is 0.0362. The third-order valence-corrected chi connectivity index (χ3v) is 2.54. The van der Waals surface area contributed by atoms with Crippen LogP contribution in [0.2, 0.25) is 0 Å². The predicted molar refractivity (Wildman–Crippen MR) is 64.6 cm³/mol. The van der Waals surface area contributed by atoms with Gasteiger partial charge in [-0.15, -0.1) is 0 Å². The van der Waals surface area contributed by atoms with E-state index < -0.39 is 0 Å². The van der Waals surface area contributed by atoms with E-state index in [2.05, 4.69) is 5.32 Å². The molecule has 90 valence electrons. The van der Waals surface area contributed by atoms with Crippen molar-refractivity contribution in [1.29, 1.82) is 0 Å². The summed E-state index contributed by atoms with van der Waals surface area (Å²) in [6.07, 6.45) is 3.47. The van der Waals surface area contributed by atoms with Crippen molar-refractivity contribution in [3.63, 3.8) is 0 Å². The quantitative estimate of drug-likeness (QED) is 0.871. The first-order chi connectivity index (χ1) is 8.16. The van der Waals surface area contributed by atoms with E-state index in [0.29, 0.717) is 13.1 Å². The van der Waals surface area contributed by atoms with Gasteiger partial charge in [0.05, 0.1) is 0 Å². The van der Waals surface area contributed by atoms with Crippen LogP contribution in [-0.4, -0.2) is 15.7 Å². The topological polar surface area (TPSA) is 39.0 Å². The Morgan fingerprint density at radius 3 is 2.53 bits per heavy atom. The second-order valence-electron chi connectivity index (χ2n) is 3.82. The SMILES string of the molecule is Cn1ccn(CCNc2ccc(F)cc2)c1=O. The molecule has 0 aliphatic heterocycles. The lowest BCUT2D eigenvalue weighted by Crippen LogP contribution is -2.24. The van der Waals surface area contributed by atoms with Gasteiger partial charge in [0.15, 0.2) is 0 Å². The zero-order chi connectivity index (χ0) is 12.3. The number of hydrogen-bond acceptors (Lipinski definition) is 2. The lowest BCUT2D eigenvalue weighted by molar-refractivity contribution is 0.628. The lowest BCUT2D eigenvalue weighted by atomic mass is 10.3. The summed E-state index contributed by atoms with van der Waals surface area (Å²) in [5, 5.41) is 3.12. The van der Waals surface area contributed by atoms with Crippen LogP contribution in [-0.2, 0) is 13.6 Å². The number of aromatic nitrogens is 2. The molecule has 0 aliphatic rings. The number of hydrogen-bond donors (Lipinski definition) is 1. The Balaban J connectivity index is 1.90. The zero-order valence-electron chi connectivity index (χ0n) is 9.56. The number of aryl methyl sites for hydroxylation is 1. The number of benzene rings is 1. The molecule has 5 heteroatoms. The Morgan fingerprint density at radius 2 is 1.94 bits per heavy atom. The van der Waals surface area contributed by atoms with Gasteiger partial charge in [0.2, 0.25) is 0 Å². The van der Waals surface area contributed by atoms with Gasteiger partial charge in [-0.3, -0.25) is 4.57 Å². The van der Waals surface area contributed by atoms with E-state index in [9.17, 15) is 9.18 Å². The predicted octanol–water partition coefficient (Wildman–Crippen LogP) is 1.44. The van der Waals surface area contributed by atoms with E-state index in [4.69, 9.17) is 0 Å². The van der Waals surface area contributed by atoms with Gasteiger partial charge in [0, 0.05) is 38.2 Å². The molecule has 4 nitrogen and oxygen atoms in total. The molecule has 0 aliphatic carbocycles. The first kappa shape index (κ1) is 11.4. The highest BCUT2D eigenvalue weighted by Crippen LogP contribution is 2.07. The Hall–Kier alpha value is -2.04. The molecule has 0 fully saturated rings. The highest BCUT2D eigenvalue weighted by atomic mass is 19.1. The maximum atomic E-state index is 12.7. The molecule has 0 unspecified atom stereocenters. The van der Waals surface area contributed by atoms with Gasteiger partial charge in [0.1, 0.15) is 5.82 Å². The molecule has 2 rings (SSSR count). The Morgan fingerprint density at radius 1 is 1.24 bits per heavy atom. The molecule has 17 heavy (non-hydrogen) atoms. The summed E-state index contributed by atoms with van der Waals surface area (Å²) in [5.74, 6) is -0.255. The van der Waals surface area contributed by atoms with E-state index in [1.807, 2.05) is 0 Å². The van der Waals surface area contributed by atoms with Crippen molar-refractivity contribution in [2.24, 2.45) is 7.05 Å². The van der Waals surface area contributed by atoms with Gasteiger partial charge >= 0.3 is 5.69 Å². The maximum absolute atomic E-state index is 12.7. The fraction of sp³-hybridized carbons (Fsp3) is 0.250. The Kier molecular flexibility index (Phi) is 3.27. The minimum atomic E-state index is -0.255. The van der Waals surface area contributed by atoms with Crippen LogP contribution in [0.25, 0.3) is 0 Å². The Labute approximate surface area is 98.3 Å². The van der Waals surface area contributed by atoms with Crippen LogP contribution in [0.15, 0.2) is 41.5 Å². The summed E-state index contributed by atoms with van der Waals surface area (Å²) in [5.41, 5.74) is 0.807. The number of halogens is 1. The standard InChI is InChI=1S/C12H14FN3O/c1-15-8-9-16(12(15)17)7-6-14-11-4-2-10(13)3-5-11/h2-5,8-9,14H,6-7H2,1H3. The molecule has 1 aromatic carbocycles. The molecular formula is C12H14FN3O. The fourth-order valence-electron chi connectivity index (χ4n) is 1.57. The largest absolute Gasteiger partial charge is 0.383 e. The third-order valence-electron chi connectivity index (χ3n) is 2.54. The smallest absolute Gasteiger partial charge is 0.327 e. The van der Waals surface area contributed by atoms with E-state index in [-0.39, 0.29) is 11.5 Å². The van der Waals surface area contributed by atoms with Crippen LogP contribution in [0.5, 0.6) is 0 Å². The van der Waals surface area contributed by atoms with Crippen LogP contribution >= 0.6 is 0 Å². The molecule has 0 radical (unpaired) electrons. The van der Waals surface area contributed by atoms with E-state index >= 15 is 0 Å². The summed E-state index contributed by atoms with van der Waals surface area (Å²) >= 11 is 0. The molecule has 0 saturated heterocycles. The van der Waals surface area contributed by atoms with Crippen LogP contribution in [0.1, 0.15) is 0 Å². The number of imidazole rings is 1. The Bertz CT molecular complexity index is 542. The molecular weight excluding hydrogens is 221 g/mol. The van der Waals surface area contributed by atoms with Gasteiger partial charge in [-0.25, -0.2) is 9.18 Å². The van der Waals surface area contributed by atoms with Crippen LogP contribution in [0.3, 0.4) is 0 Å². The molecule has 0 atom stereocenters. The van der Waals surface area contributed by atoms with Crippen molar-refractivity contribution in [2.75, 3.05) is 11.9 Å². The number of rotatable bonds is 4. The van der Waals surface area contributed by atoms with Crippen molar-refractivity contribution in [1.82, 2.24) is 9.13 Å². The molecule has 0 spiro atoms. The molecule has 1 heterocycles. The first-order valence-electron chi connectivity index (χ1n) is 5.38. The van der Waals surface area contributed by atoms with Gasteiger partial charge in [-0.05, 0) is 24.3 Å². The summed E-state index contributed by atoms with van der Waals surface area (Å²) in [7, 11) is 1.71. The number of anilines is 1. The second-order valence-corrected chi connectivity index (χ2v) is 3.82. The summed E-state index contributed by atoms with van der Waals surface area (Å²) in [4.78, 5) is 11.5. The lowest BCUT2D eigenvalue weighted by Gasteiger charge is -2.06. The summed E-state index contributed by atoms with van der Waals surface area (Å²) in [6.45, 7) is 1.20. The normalized spacial score (nSPS) is 10.5. The van der Waals surface area contributed by atoms with Crippen molar-refractivity contribution in [3.05, 3.63) is 53.0 Å². The van der Waals surface area contributed by atoms with Crippen molar-refractivity contribution in [3.8, 4) is 0 Å². The third kappa shape index (κ3) is 2.75. The van der Waals surface area contributed by atoms with E-state index in [1.165, 1.54) is 16.7 Å². The van der Waals surface area contributed by atoms with Gasteiger partial charge < -0.3 is 9.88 Å². The van der Waals surface area contributed by atoms with Crippen LogP contribution in [0.4, 0.5) is 10.1 Å². The molecule has 2 aromatic rings. The minimum Gasteiger partial charge on any atom is -0.383 e. The van der Waals surface area contributed by atoms with E-state index in [1.54, 1.807) is 36.1 Å². The average molecular weight is 235 g/mol. The van der Waals surface area contributed by atoms with Crippen LogP contribution in [0, 0.1) is 5.82 Å². The maximum Gasteiger partial charge on any atom is 0.327 e. The zero-order valence-corrected chi connectivity index (χ0v) is 9.56. The molecule has 0 saturated carbocycles. The fourth-order valence-corrected chi connectivity index (χ4v) is 1.57. The highest BCUT2D eigenvalue weighted by molar-refractivity contribution is 5.42. The van der Waals surface area contributed by atoms with Crippen molar-refractivity contribution in [2.45, 2.75) is 6.54 Å². The highest BCUT2D eigenvalue weighted by Gasteiger charge is 1.99. The first-order valence-corrected chi connectivity index (χ1v) is 5.38. The van der Waals surface area contributed by atoms with Crippen molar-refractivity contribution < 1.29 is 4.39 Å². The average Bonchev–Trinajstić information content (AvgIpc) is 2.64. The summed E-state index contributed by atoms with van der Waals surface area (Å²) in [6, 6.07) is 6.14. The van der Waals surface area contributed by atoms with Gasteiger partial charge in [-0.1, -0.05) is 0 Å². The van der Waals surface area contributed by atoms with Crippen molar-refractivity contribution >= 4 is 5.69 Å². The summed E-state index contributed by atoms with van der Waals surface area (Å²) < 4.78 is 15.8. The van der Waals surface area contributed by atoms with Crippen LogP contribution < -0.4 is 11.0 Å². The molecule has 0 amide bonds. The number of nitrogens with one attached hydrogen (secondary N) is 1. The molecule has 0 bridgehead atoms. The second kappa shape index (κ2) is 4.86. The van der Waals surface area contributed by atoms with E-state index in [0.717, 1.165) is 5.69 Å². The monoisotopic (exact) mass is 235 g/mol. The van der Waals surface area contributed by atoms with Gasteiger partial charge in [-0.2, -0.15) is 0 Å². The number of nitrogens with zero attached hydrogens (tertiary/aromatic N) is 2. The molecule has 1 aromatic heterocycles.